The first-order chi connectivity index (χ1) is 21.4. The van der Waals surface area contributed by atoms with Gasteiger partial charge in [-0.15, -0.1) is 0 Å². The Morgan fingerprint density at radius 2 is 1.51 bits per heavy atom. The lowest BCUT2D eigenvalue weighted by molar-refractivity contribution is -0.0249. The van der Waals surface area contributed by atoms with E-state index in [0.717, 1.165) is 0 Å². The lowest BCUT2D eigenvalue weighted by Gasteiger charge is -2.33. The number of ether oxygens (including phenoxy) is 4. The molecule has 1 saturated heterocycles. The summed E-state index contributed by atoms with van der Waals surface area (Å²) >= 11 is 12.3. The predicted octanol–water partition coefficient (Wildman–Crippen LogP) is 5.50. The van der Waals surface area contributed by atoms with Crippen molar-refractivity contribution in [2.75, 3.05) is 38.3 Å². The molecule has 1 fully saturated rings. The molecule has 1 aliphatic rings. The van der Waals surface area contributed by atoms with E-state index in [0.29, 0.717) is 32.2 Å². The Morgan fingerprint density at radius 3 is 2.04 bits per heavy atom. The highest BCUT2D eigenvalue weighted by Crippen LogP contribution is 2.39. The Kier molecular flexibility index (Phi) is 14.6. The van der Waals surface area contributed by atoms with Crippen molar-refractivity contribution in [1.82, 2.24) is 20.4 Å². The van der Waals surface area contributed by atoms with Crippen molar-refractivity contribution in [3.63, 3.8) is 0 Å². The highest BCUT2D eigenvalue weighted by Gasteiger charge is 2.27. The number of hydrogen-bond acceptors (Lipinski definition) is 12. The van der Waals surface area contributed by atoms with E-state index in [-0.39, 0.29) is 45.2 Å². The molecule has 2 amide bonds. The average Bonchev–Trinajstić information content (AvgIpc) is 3.41. The first-order valence-electron chi connectivity index (χ1n) is 13.9. The highest BCUT2D eigenvalue weighted by atomic mass is 35.5. The third-order valence-corrected chi connectivity index (χ3v) is 8.00. The molecular weight excluding hydrogens is 656 g/mol. The van der Waals surface area contributed by atoms with Crippen molar-refractivity contribution < 1.29 is 47.2 Å². The lowest BCUT2D eigenvalue weighted by atomic mass is 10.1. The topological polar surface area (TPSA) is 180 Å². The van der Waals surface area contributed by atoms with Crippen LogP contribution in [0.2, 0.25) is 10.0 Å². The van der Waals surface area contributed by atoms with Gasteiger partial charge in [0.05, 0.1) is 46.0 Å². The van der Waals surface area contributed by atoms with Gasteiger partial charge in [-0.1, -0.05) is 29.3 Å². The maximum atomic E-state index is 13.0. The zero-order valence-corrected chi connectivity index (χ0v) is 27.6. The van der Waals surface area contributed by atoms with Crippen LogP contribution in [0, 0.1) is 0 Å². The minimum Gasteiger partial charge on any atom is -0.432 e. The first kappa shape index (κ1) is 36.3. The van der Waals surface area contributed by atoms with Gasteiger partial charge < -0.3 is 29.6 Å². The monoisotopic (exact) mass is 691 g/mol. The van der Waals surface area contributed by atoms with Crippen LogP contribution in [0.1, 0.15) is 61.4 Å². The van der Waals surface area contributed by atoms with E-state index in [9.17, 15) is 19.2 Å². The SMILES string of the molecule is CC(C)OC(=O)OCOP(CN1CCC(NC(=O)c2[nH]ncc2NC(=O)c2c(Cl)cccc2Cl)CC1)OCOC(=O)OC(C)C. The maximum absolute atomic E-state index is 13.0. The molecule has 1 aromatic carbocycles. The summed E-state index contributed by atoms with van der Waals surface area (Å²) in [6, 6.07) is 4.52. The van der Waals surface area contributed by atoms with Crippen LogP contribution < -0.4 is 10.6 Å². The number of H-pyrrole nitrogens is 1. The largest absolute Gasteiger partial charge is 0.510 e. The molecular formula is C27H36Cl2N5O10P. The van der Waals surface area contributed by atoms with Crippen LogP contribution >= 0.6 is 31.6 Å². The van der Waals surface area contributed by atoms with Gasteiger partial charge >= 0.3 is 12.3 Å². The molecule has 248 valence electrons. The Balaban J connectivity index is 1.50. The van der Waals surface area contributed by atoms with Crippen molar-refractivity contribution in [3.05, 3.63) is 45.7 Å². The van der Waals surface area contributed by atoms with Crippen LogP contribution in [-0.2, 0) is 28.0 Å². The molecule has 18 heteroatoms. The zero-order valence-electron chi connectivity index (χ0n) is 25.2. The second-order valence-electron chi connectivity index (χ2n) is 10.2. The standard InChI is InChI=1S/C27H36Cl2N5O10P/c1-16(2)43-26(37)39-14-41-45(42-15-40-27(38)44-17(3)4)13-34-10-8-18(9-11-34)31-25(36)23-21(12-30-33-23)32-24(35)22-19(28)6-5-7-20(22)29/h5-7,12,16-18H,8-11,13-15H2,1-4H3,(H,30,33)(H,31,36)(H,32,35). The number of carbonyl (C=O) groups excluding carboxylic acids is 4. The summed E-state index contributed by atoms with van der Waals surface area (Å²) in [5.74, 6) is -1.03. The van der Waals surface area contributed by atoms with Crippen LogP contribution in [0.3, 0.4) is 0 Å². The predicted molar refractivity (Wildman–Crippen MR) is 164 cm³/mol. The Morgan fingerprint density at radius 1 is 0.956 bits per heavy atom. The molecule has 45 heavy (non-hydrogen) atoms. The van der Waals surface area contributed by atoms with Crippen LogP contribution in [0.15, 0.2) is 24.4 Å². The molecule has 2 aromatic rings. The Bertz CT molecular complexity index is 1260. The fourth-order valence-corrected chi connectivity index (χ4v) is 5.69. The van der Waals surface area contributed by atoms with Gasteiger partial charge in [0.15, 0.2) is 8.38 Å². The number of aromatic amines is 1. The van der Waals surface area contributed by atoms with E-state index in [1.54, 1.807) is 33.8 Å². The van der Waals surface area contributed by atoms with Crippen LogP contribution in [0.25, 0.3) is 0 Å². The summed E-state index contributed by atoms with van der Waals surface area (Å²) in [5.41, 5.74) is 0.328. The summed E-state index contributed by atoms with van der Waals surface area (Å²) in [6.07, 6.45) is 0.320. The molecule has 0 bridgehead atoms. The van der Waals surface area contributed by atoms with Gasteiger partial charge in [0, 0.05) is 19.1 Å². The molecule has 0 saturated carbocycles. The van der Waals surface area contributed by atoms with E-state index in [2.05, 4.69) is 20.8 Å². The van der Waals surface area contributed by atoms with E-state index in [1.807, 2.05) is 4.90 Å². The summed E-state index contributed by atoms with van der Waals surface area (Å²) < 4.78 is 30.9. The van der Waals surface area contributed by atoms with Gasteiger partial charge in [-0.05, 0) is 52.7 Å². The number of anilines is 1. The number of amides is 2. The van der Waals surface area contributed by atoms with Crippen LogP contribution in [0.4, 0.5) is 15.3 Å². The van der Waals surface area contributed by atoms with Gasteiger partial charge in [-0.2, -0.15) is 5.10 Å². The molecule has 0 atom stereocenters. The number of hydrogen-bond donors (Lipinski definition) is 3. The van der Waals surface area contributed by atoms with E-state index in [4.69, 9.17) is 51.2 Å². The molecule has 0 radical (unpaired) electrons. The zero-order chi connectivity index (χ0) is 32.9. The fourth-order valence-electron chi connectivity index (χ4n) is 3.93. The van der Waals surface area contributed by atoms with Crippen molar-refractivity contribution in [2.24, 2.45) is 0 Å². The first-order valence-corrected chi connectivity index (χ1v) is 16.1. The number of halogens is 2. The second-order valence-corrected chi connectivity index (χ2v) is 12.4. The van der Waals surface area contributed by atoms with E-state index in [1.165, 1.54) is 18.3 Å². The molecule has 0 aliphatic carbocycles. The second kappa shape index (κ2) is 18.1. The van der Waals surface area contributed by atoms with Crippen molar-refractivity contribution in [2.45, 2.75) is 58.8 Å². The number of nitrogens with one attached hydrogen (secondary N) is 3. The lowest BCUT2D eigenvalue weighted by Crippen LogP contribution is -2.45. The van der Waals surface area contributed by atoms with Crippen LogP contribution in [-0.4, -0.2) is 90.4 Å². The molecule has 0 spiro atoms. The smallest absolute Gasteiger partial charge is 0.432 e. The third-order valence-electron chi connectivity index (χ3n) is 5.95. The average molecular weight is 692 g/mol. The summed E-state index contributed by atoms with van der Waals surface area (Å²) in [5, 5.41) is 12.4. The summed E-state index contributed by atoms with van der Waals surface area (Å²) in [7, 11) is -1.68. The molecule has 2 heterocycles. The van der Waals surface area contributed by atoms with E-state index >= 15 is 0 Å². The van der Waals surface area contributed by atoms with Gasteiger partial charge in [0.2, 0.25) is 13.6 Å². The Labute approximate surface area is 271 Å². The van der Waals surface area contributed by atoms with E-state index < -0.39 is 46.1 Å². The Hall–Kier alpha value is -3.20. The molecule has 3 N–H and O–H groups in total. The number of likely N-dealkylation sites (tertiary alicyclic amines) is 1. The summed E-state index contributed by atoms with van der Waals surface area (Å²) in [4.78, 5) is 51.2. The number of rotatable bonds is 14. The summed E-state index contributed by atoms with van der Waals surface area (Å²) in [6.45, 7) is 7.02. The number of nitrogens with zero attached hydrogens (tertiary/aromatic N) is 2. The fraction of sp³-hybridized carbons (Fsp3) is 0.519. The minimum absolute atomic E-state index is 0.0752. The van der Waals surface area contributed by atoms with Crippen molar-refractivity contribution in [3.8, 4) is 0 Å². The highest BCUT2D eigenvalue weighted by molar-refractivity contribution is 7.47. The van der Waals surface area contributed by atoms with Crippen molar-refractivity contribution >= 4 is 61.4 Å². The van der Waals surface area contributed by atoms with Gasteiger partial charge in [-0.25, -0.2) is 9.59 Å². The van der Waals surface area contributed by atoms with Gasteiger partial charge in [-0.3, -0.25) is 28.6 Å². The normalized spacial score (nSPS) is 14.0. The molecule has 0 unspecified atom stereocenters. The third kappa shape index (κ3) is 12.3. The number of carbonyl (C=O) groups is 4. The molecule has 15 nitrogen and oxygen atoms in total. The quantitative estimate of drug-likeness (QED) is 0.129. The molecule has 1 aliphatic heterocycles. The van der Waals surface area contributed by atoms with Crippen molar-refractivity contribution in [1.29, 1.82) is 0 Å². The molecule has 1 aromatic heterocycles. The minimum atomic E-state index is -1.68. The number of aromatic nitrogens is 2. The van der Waals surface area contributed by atoms with Crippen LogP contribution in [0.5, 0.6) is 0 Å². The van der Waals surface area contributed by atoms with Gasteiger partial charge in [0.25, 0.3) is 11.8 Å². The number of benzene rings is 1. The molecule has 3 rings (SSSR count). The van der Waals surface area contributed by atoms with Gasteiger partial charge in [0.1, 0.15) is 5.69 Å². The number of piperidine rings is 1. The maximum Gasteiger partial charge on any atom is 0.510 e.